The highest BCUT2D eigenvalue weighted by molar-refractivity contribution is 6.39. The molecule has 4 amide bonds. The van der Waals surface area contributed by atoms with Crippen LogP contribution in [-0.4, -0.2) is 25.0 Å². The van der Waals surface area contributed by atoms with Gasteiger partial charge in [0.2, 0.25) is 0 Å². The van der Waals surface area contributed by atoms with Crippen molar-refractivity contribution in [1.29, 1.82) is 0 Å². The largest absolute Gasteiger partial charge is 0.493 e. The highest BCUT2D eigenvalue weighted by Crippen LogP contribution is 2.60. The molecule has 5 fully saturated rings. The molecular weight excluding hydrogens is 540 g/mol. The van der Waals surface area contributed by atoms with Crippen LogP contribution >= 0.6 is 0 Å². The van der Waals surface area contributed by atoms with Crippen LogP contribution in [0.1, 0.15) is 60.8 Å². The Morgan fingerprint density at radius 1 is 0.884 bits per heavy atom. The first-order valence-electron chi connectivity index (χ1n) is 15.2. The molecule has 3 aromatic carbocycles. The maximum atomic E-state index is 13.6. The third-order valence-corrected chi connectivity index (χ3v) is 9.85. The number of nitrogens with zero attached hydrogens (tertiary/aromatic N) is 1. The van der Waals surface area contributed by atoms with Gasteiger partial charge in [0.1, 0.15) is 12.2 Å². The minimum atomic E-state index is -0.743. The number of hydrogen-bond donors (Lipinski definition) is 1. The van der Waals surface area contributed by atoms with Crippen molar-refractivity contribution in [3.63, 3.8) is 0 Å². The molecule has 0 unspecified atom stereocenters. The molecule has 8 rings (SSSR count). The van der Waals surface area contributed by atoms with Crippen LogP contribution in [0.5, 0.6) is 11.5 Å². The van der Waals surface area contributed by atoms with Gasteiger partial charge in [-0.2, -0.15) is 0 Å². The van der Waals surface area contributed by atoms with Gasteiger partial charge >= 0.3 is 6.03 Å². The first kappa shape index (κ1) is 27.4. The molecule has 0 aromatic heterocycles. The number of barbiturate groups is 1. The summed E-state index contributed by atoms with van der Waals surface area (Å²) in [7, 11) is 1.54. The molecule has 4 bridgehead atoms. The second kappa shape index (κ2) is 10.7. The standard InChI is InChI=1S/C36H36N2O5/c1-22-4-3-5-24(12-22)21-43-31-11-6-23(17-32(31)42-2)16-30-33(39)37-35(41)38(34(30)40)29-9-7-28(8-10-29)36-18-25-13-26(19-36)15-27(14-25)20-36/h3-12,16-17,25-27H,13-15,18-21H2,1-2H3,(H,37,39,41)/b30-16+. The van der Waals surface area contributed by atoms with Crippen LogP contribution in [0.2, 0.25) is 0 Å². The van der Waals surface area contributed by atoms with Crippen molar-refractivity contribution < 1.29 is 23.9 Å². The molecule has 7 nitrogen and oxygen atoms in total. The Bertz CT molecular complexity index is 1600. The average Bonchev–Trinajstić information content (AvgIpc) is 2.98. The molecule has 0 atom stereocenters. The van der Waals surface area contributed by atoms with Gasteiger partial charge in [-0.05, 0) is 116 Å². The van der Waals surface area contributed by atoms with E-state index in [0.29, 0.717) is 29.4 Å². The Morgan fingerprint density at radius 3 is 2.23 bits per heavy atom. The number of urea groups is 1. The van der Waals surface area contributed by atoms with E-state index in [0.717, 1.165) is 33.8 Å². The second-order valence-corrected chi connectivity index (χ2v) is 12.9. The summed E-state index contributed by atoms with van der Waals surface area (Å²) in [6.07, 6.45) is 9.31. The summed E-state index contributed by atoms with van der Waals surface area (Å²) in [5, 5.41) is 2.34. The molecule has 220 valence electrons. The van der Waals surface area contributed by atoms with E-state index < -0.39 is 17.8 Å². The molecule has 1 heterocycles. The van der Waals surface area contributed by atoms with Gasteiger partial charge < -0.3 is 9.47 Å². The third-order valence-electron chi connectivity index (χ3n) is 9.85. The van der Waals surface area contributed by atoms with Crippen molar-refractivity contribution in [2.75, 3.05) is 12.0 Å². The smallest absolute Gasteiger partial charge is 0.335 e. The Labute approximate surface area is 251 Å². The van der Waals surface area contributed by atoms with Gasteiger partial charge in [0.15, 0.2) is 11.5 Å². The summed E-state index contributed by atoms with van der Waals surface area (Å²) in [6, 6.07) is 20.4. The number of imide groups is 2. The van der Waals surface area contributed by atoms with Crippen molar-refractivity contribution in [2.45, 2.75) is 57.5 Å². The quantitative estimate of drug-likeness (QED) is 0.249. The van der Waals surface area contributed by atoms with Crippen LogP contribution < -0.4 is 19.7 Å². The Hall–Kier alpha value is -4.39. The SMILES string of the molecule is COc1cc(/C=C2\C(=O)NC(=O)N(c3ccc(C45CC6CC(CC(C6)C4)C5)cc3)C2=O)ccc1OCc1cccc(C)c1. The van der Waals surface area contributed by atoms with E-state index in [1.165, 1.54) is 57.3 Å². The number of anilines is 1. The lowest BCUT2D eigenvalue weighted by Crippen LogP contribution is -2.54. The fourth-order valence-corrected chi connectivity index (χ4v) is 8.34. The number of amides is 4. The van der Waals surface area contributed by atoms with Crippen molar-refractivity contribution in [3.05, 3.63) is 94.6 Å². The molecular formula is C36H36N2O5. The van der Waals surface area contributed by atoms with Gasteiger partial charge in [0.05, 0.1) is 12.8 Å². The van der Waals surface area contributed by atoms with E-state index in [4.69, 9.17) is 9.47 Å². The number of aryl methyl sites for hydroxylation is 1. The summed E-state index contributed by atoms with van der Waals surface area (Å²) in [5.41, 5.74) is 4.61. The molecule has 4 aliphatic carbocycles. The van der Waals surface area contributed by atoms with Crippen LogP contribution in [0, 0.1) is 24.7 Å². The van der Waals surface area contributed by atoms with Crippen molar-refractivity contribution >= 4 is 29.6 Å². The normalized spacial score (nSPS) is 27.0. The number of ether oxygens (including phenoxy) is 2. The second-order valence-electron chi connectivity index (χ2n) is 12.9. The lowest BCUT2D eigenvalue weighted by Gasteiger charge is -2.57. The van der Waals surface area contributed by atoms with E-state index >= 15 is 0 Å². The fraction of sp³-hybridized carbons (Fsp3) is 0.361. The lowest BCUT2D eigenvalue weighted by atomic mass is 9.48. The lowest BCUT2D eigenvalue weighted by molar-refractivity contribution is -0.122. The molecule has 0 spiro atoms. The van der Waals surface area contributed by atoms with Crippen LogP contribution in [0.3, 0.4) is 0 Å². The maximum Gasteiger partial charge on any atom is 0.335 e. The molecule has 3 aromatic rings. The van der Waals surface area contributed by atoms with Gasteiger partial charge in [-0.15, -0.1) is 0 Å². The minimum absolute atomic E-state index is 0.125. The molecule has 1 N–H and O–H groups in total. The molecule has 1 aliphatic heterocycles. The summed E-state index contributed by atoms with van der Waals surface area (Å²) in [5.74, 6) is 2.11. The highest BCUT2D eigenvalue weighted by atomic mass is 16.5. The van der Waals surface area contributed by atoms with E-state index in [1.54, 1.807) is 18.2 Å². The van der Waals surface area contributed by atoms with E-state index in [-0.39, 0.29) is 11.0 Å². The Kier molecular flexibility index (Phi) is 6.83. The monoisotopic (exact) mass is 576 g/mol. The number of carbonyl (C=O) groups excluding carboxylic acids is 3. The zero-order valence-electron chi connectivity index (χ0n) is 24.6. The molecule has 5 aliphatic rings. The first-order valence-corrected chi connectivity index (χ1v) is 15.2. The van der Waals surface area contributed by atoms with E-state index in [2.05, 4.69) is 23.5 Å². The summed E-state index contributed by atoms with van der Waals surface area (Å²) in [6.45, 7) is 2.40. The molecule has 7 heteroatoms. The summed E-state index contributed by atoms with van der Waals surface area (Å²) >= 11 is 0. The number of benzene rings is 3. The Balaban J connectivity index is 1.11. The van der Waals surface area contributed by atoms with Gasteiger partial charge in [-0.25, -0.2) is 9.69 Å². The predicted molar refractivity (Wildman–Crippen MR) is 164 cm³/mol. The minimum Gasteiger partial charge on any atom is -0.493 e. The number of rotatable bonds is 7. The predicted octanol–water partition coefficient (Wildman–Crippen LogP) is 6.72. The van der Waals surface area contributed by atoms with Gasteiger partial charge in [0.25, 0.3) is 11.8 Å². The number of hydrogen-bond acceptors (Lipinski definition) is 5. The zero-order chi connectivity index (χ0) is 29.7. The maximum absolute atomic E-state index is 13.6. The zero-order valence-corrected chi connectivity index (χ0v) is 24.6. The third kappa shape index (κ3) is 5.11. The van der Waals surface area contributed by atoms with Gasteiger partial charge in [-0.3, -0.25) is 14.9 Å². The van der Waals surface area contributed by atoms with Gasteiger partial charge in [0, 0.05) is 0 Å². The highest BCUT2D eigenvalue weighted by Gasteiger charge is 2.51. The average molecular weight is 577 g/mol. The van der Waals surface area contributed by atoms with Crippen molar-refractivity contribution in [1.82, 2.24) is 5.32 Å². The molecule has 4 saturated carbocycles. The fourth-order valence-electron chi connectivity index (χ4n) is 8.34. The van der Waals surface area contributed by atoms with Crippen LogP contribution in [0.15, 0.2) is 72.3 Å². The van der Waals surface area contributed by atoms with Crippen LogP contribution in [0.25, 0.3) is 6.08 Å². The molecule has 1 saturated heterocycles. The van der Waals surface area contributed by atoms with E-state index in [9.17, 15) is 14.4 Å². The topological polar surface area (TPSA) is 84.9 Å². The Morgan fingerprint density at radius 2 is 1.58 bits per heavy atom. The summed E-state index contributed by atoms with van der Waals surface area (Å²) in [4.78, 5) is 40.3. The first-order chi connectivity index (χ1) is 20.8. The number of carbonyl (C=O) groups is 3. The van der Waals surface area contributed by atoms with Crippen molar-refractivity contribution in [3.8, 4) is 11.5 Å². The molecule has 0 radical (unpaired) electrons. The number of methoxy groups -OCH3 is 1. The van der Waals surface area contributed by atoms with E-state index in [1.807, 2.05) is 37.3 Å². The van der Waals surface area contributed by atoms with Crippen molar-refractivity contribution in [2.24, 2.45) is 17.8 Å². The number of nitrogens with one attached hydrogen (secondary N) is 1. The summed E-state index contributed by atoms with van der Waals surface area (Å²) < 4.78 is 11.5. The molecule has 43 heavy (non-hydrogen) atoms. The van der Waals surface area contributed by atoms with Crippen LogP contribution in [0.4, 0.5) is 10.5 Å². The van der Waals surface area contributed by atoms with Gasteiger partial charge in [-0.1, -0.05) is 48.0 Å². The van der Waals surface area contributed by atoms with Crippen LogP contribution in [-0.2, 0) is 21.6 Å².